The third-order valence-corrected chi connectivity index (χ3v) is 5.01. The number of fused-ring (bicyclic) bond motifs is 1. The van der Waals surface area contributed by atoms with Crippen LogP contribution in [0.25, 0.3) is 11.7 Å². The molecule has 0 aliphatic heterocycles. The van der Waals surface area contributed by atoms with Gasteiger partial charge in [0.2, 0.25) is 5.88 Å². The zero-order valence-electron chi connectivity index (χ0n) is 16.8. The number of halogens is 2. The van der Waals surface area contributed by atoms with E-state index in [-0.39, 0.29) is 28.4 Å². The Balaban J connectivity index is 1.82. The van der Waals surface area contributed by atoms with E-state index in [0.717, 1.165) is 10.5 Å². The first-order valence-corrected chi connectivity index (χ1v) is 10.4. The minimum Gasteiger partial charge on any atom is -0.435 e. The number of para-hydroxylation sites is 1. The van der Waals surface area contributed by atoms with E-state index in [2.05, 4.69) is 26.2 Å². The zero-order chi connectivity index (χ0) is 23.4. The maximum Gasteiger partial charge on any atom is 0.269 e. The summed E-state index contributed by atoms with van der Waals surface area (Å²) in [6, 6.07) is 19.1. The molecule has 0 spiro atoms. The van der Waals surface area contributed by atoms with Gasteiger partial charge in [-0.25, -0.2) is 4.39 Å². The normalized spacial score (nSPS) is 11.1. The number of amides is 1. The SMILES string of the molecule is N#C/C(=C/c1c(Oc2ccccc2F)nc2ccccn2c1=O)C(=O)Nc1cccc(Br)c1. The molecule has 0 saturated carbocycles. The van der Waals surface area contributed by atoms with Crippen LogP contribution in [0.3, 0.4) is 0 Å². The number of aromatic nitrogens is 2. The first-order valence-electron chi connectivity index (χ1n) is 9.59. The predicted molar refractivity (Wildman–Crippen MR) is 124 cm³/mol. The Labute approximate surface area is 195 Å². The molecule has 2 aromatic carbocycles. The van der Waals surface area contributed by atoms with Crippen LogP contribution in [0.2, 0.25) is 0 Å². The van der Waals surface area contributed by atoms with Crippen molar-refractivity contribution in [2.75, 3.05) is 5.32 Å². The monoisotopic (exact) mass is 504 g/mol. The highest BCUT2D eigenvalue weighted by atomic mass is 79.9. The third kappa shape index (κ3) is 4.81. The largest absolute Gasteiger partial charge is 0.435 e. The number of carbonyl (C=O) groups is 1. The van der Waals surface area contributed by atoms with Crippen molar-refractivity contribution in [3.8, 4) is 17.7 Å². The predicted octanol–water partition coefficient (Wildman–Crippen LogP) is 4.93. The van der Waals surface area contributed by atoms with E-state index in [9.17, 15) is 19.2 Å². The lowest BCUT2D eigenvalue weighted by Gasteiger charge is -2.11. The van der Waals surface area contributed by atoms with Gasteiger partial charge in [-0.05, 0) is 48.5 Å². The van der Waals surface area contributed by atoms with Crippen molar-refractivity contribution < 1.29 is 13.9 Å². The van der Waals surface area contributed by atoms with Crippen LogP contribution in [0.4, 0.5) is 10.1 Å². The number of hydrogen-bond donors (Lipinski definition) is 1. The van der Waals surface area contributed by atoms with Crippen LogP contribution in [-0.4, -0.2) is 15.3 Å². The van der Waals surface area contributed by atoms with Crippen LogP contribution in [0.1, 0.15) is 5.56 Å². The lowest BCUT2D eigenvalue weighted by Crippen LogP contribution is -2.20. The number of carbonyl (C=O) groups excluding carboxylic acids is 1. The molecular formula is C24H14BrFN4O3. The van der Waals surface area contributed by atoms with Gasteiger partial charge in [-0.1, -0.05) is 40.2 Å². The molecule has 9 heteroatoms. The Kier molecular flexibility index (Phi) is 6.29. The van der Waals surface area contributed by atoms with E-state index >= 15 is 0 Å². The van der Waals surface area contributed by atoms with Crippen molar-refractivity contribution in [1.82, 2.24) is 9.38 Å². The molecule has 2 heterocycles. The van der Waals surface area contributed by atoms with Crippen molar-refractivity contribution >= 4 is 39.2 Å². The molecule has 4 aromatic rings. The Morgan fingerprint density at radius 3 is 2.70 bits per heavy atom. The number of hydrogen-bond acceptors (Lipinski definition) is 5. The molecule has 4 rings (SSSR count). The van der Waals surface area contributed by atoms with Crippen molar-refractivity contribution in [3.63, 3.8) is 0 Å². The number of anilines is 1. The summed E-state index contributed by atoms with van der Waals surface area (Å²) in [5, 5.41) is 12.2. The van der Waals surface area contributed by atoms with Crippen molar-refractivity contribution in [1.29, 1.82) is 5.26 Å². The average Bonchev–Trinajstić information content (AvgIpc) is 2.80. The summed E-state index contributed by atoms with van der Waals surface area (Å²) in [4.78, 5) is 30.2. The minimum atomic E-state index is -0.731. The Morgan fingerprint density at radius 1 is 1.15 bits per heavy atom. The Bertz CT molecular complexity index is 1510. The number of nitrogens with zero attached hydrogens (tertiary/aromatic N) is 3. The molecule has 0 saturated heterocycles. The summed E-state index contributed by atoms with van der Waals surface area (Å²) >= 11 is 3.31. The second-order valence-electron chi connectivity index (χ2n) is 6.73. The molecule has 0 aliphatic carbocycles. The van der Waals surface area contributed by atoms with Gasteiger partial charge in [0.05, 0.1) is 0 Å². The molecule has 2 aromatic heterocycles. The summed E-state index contributed by atoms with van der Waals surface area (Å²) in [5.41, 5.74) is -0.421. The van der Waals surface area contributed by atoms with Crippen LogP contribution in [0.15, 0.2) is 87.8 Å². The van der Waals surface area contributed by atoms with Gasteiger partial charge in [0.1, 0.15) is 22.9 Å². The highest BCUT2D eigenvalue weighted by Crippen LogP contribution is 2.26. The first-order chi connectivity index (χ1) is 16.0. The fraction of sp³-hybridized carbons (Fsp3) is 0. The van der Waals surface area contributed by atoms with Gasteiger partial charge >= 0.3 is 0 Å². The fourth-order valence-corrected chi connectivity index (χ4v) is 3.37. The molecule has 0 unspecified atom stereocenters. The van der Waals surface area contributed by atoms with Gasteiger partial charge < -0.3 is 10.1 Å². The van der Waals surface area contributed by atoms with Gasteiger partial charge in [-0.3, -0.25) is 14.0 Å². The van der Waals surface area contributed by atoms with E-state index in [1.54, 1.807) is 54.6 Å². The zero-order valence-corrected chi connectivity index (χ0v) is 18.4. The number of pyridine rings is 1. The molecule has 7 nitrogen and oxygen atoms in total. The van der Waals surface area contributed by atoms with E-state index in [0.29, 0.717) is 5.69 Å². The molecule has 1 amide bonds. The molecule has 33 heavy (non-hydrogen) atoms. The molecule has 0 fully saturated rings. The van der Waals surface area contributed by atoms with Crippen molar-refractivity contribution in [3.05, 3.63) is 105 Å². The standard InChI is InChI=1S/C24H14BrFN4O3/c25-16-6-5-7-17(13-16)28-22(31)15(14-27)12-18-23(33-20-9-2-1-8-19(20)26)29-21-10-3-4-11-30(21)24(18)32/h1-13H,(H,28,31)/b15-12-. The lowest BCUT2D eigenvalue weighted by molar-refractivity contribution is -0.112. The number of nitriles is 1. The van der Waals surface area contributed by atoms with Crippen molar-refractivity contribution in [2.45, 2.75) is 0 Å². The Morgan fingerprint density at radius 2 is 1.94 bits per heavy atom. The van der Waals surface area contributed by atoms with E-state index in [1.807, 2.05) is 0 Å². The van der Waals surface area contributed by atoms with E-state index in [4.69, 9.17) is 4.74 Å². The van der Waals surface area contributed by atoms with Gasteiger partial charge in [0.15, 0.2) is 11.6 Å². The third-order valence-electron chi connectivity index (χ3n) is 4.51. The molecular weight excluding hydrogens is 491 g/mol. The molecule has 162 valence electrons. The minimum absolute atomic E-state index is 0.156. The number of ether oxygens (including phenoxy) is 1. The summed E-state index contributed by atoms with van der Waals surface area (Å²) in [5.74, 6) is -1.78. The number of rotatable bonds is 5. The maximum absolute atomic E-state index is 14.2. The van der Waals surface area contributed by atoms with E-state index < -0.39 is 17.3 Å². The Hall–Kier alpha value is -4.29. The second-order valence-corrected chi connectivity index (χ2v) is 7.65. The van der Waals surface area contributed by atoms with E-state index in [1.165, 1.54) is 28.8 Å². The van der Waals surface area contributed by atoms with Crippen molar-refractivity contribution in [2.24, 2.45) is 0 Å². The van der Waals surface area contributed by atoms with Crippen LogP contribution < -0.4 is 15.6 Å². The molecule has 0 atom stereocenters. The summed E-state index contributed by atoms with van der Waals surface area (Å²) in [7, 11) is 0. The average molecular weight is 505 g/mol. The molecule has 1 N–H and O–H groups in total. The summed E-state index contributed by atoms with van der Waals surface area (Å²) < 4.78 is 21.8. The molecule has 0 radical (unpaired) electrons. The second kappa shape index (κ2) is 9.46. The van der Waals surface area contributed by atoms with Gasteiger partial charge in [0.25, 0.3) is 11.5 Å². The van der Waals surface area contributed by atoms with Crippen LogP contribution in [0, 0.1) is 17.1 Å². The van der Waals surface area contributed by atoms with Crippen LogP contribution >= 0.6 is 15.9 Å². The van der Waals surface area contributed by atoms with Gasteiger partial charge in [-0.15, -0.1) is 0 Å². The maximum atomic E-state index is 14.2. The quantitative estimate of drug-likeness (QED) is 0.307. The lowest BCUT2D eigenvalue weighted by atomic mass is 10.1. The van der Waals surface area contributed by atoms with Crippen LogP contribution in [0.5, 0.6) is 11.6 Å². The van der Waals surface area contributed by atoms with Gasteiger partial charge in [-0.2, -0.15) is 10.2 Å². The van der Waals surface area contributed by atoms with Gasteiger partial charge in [0, 0.05) is 16.4 Å². The first kappa shape index (κ1) is 21.9. The molecule has 0 bridgehead atoms. The fourth-order valence-electron chi connectivity index (χ4n) is 2.97. The smallest absolute Gasteiger partial charge is 0.269 e. The summed E-state index contributed by atoms with van der Waals surface area (Å²) in [6.07, 6.45) is 2.57. The molecule has 0 aliphatic rings. The number of benzene rings is 2. The topological polar surface area (TPSA) is 96.5 Å². The van der Waals surface area contributed by atoms with Crippen LogP contribution in [-0.2, 0) is 4.79 Å². The highest BCUT2D eigenvalue weighted by molar-refractivity contribution is 9.10. The highest BCUT2D eigenvalue weighted by Gasteiger charge is 2.18. The summed E-state index contributed by atoms with van der Waals surface area (Å²) in [6.45, 7) is 0. The number of nitrogens with one attached hydrogen (secondary N) is 1.